The molecule has 1 heterocycles. The van der Waals surface area contributed by atoms with Crippen LogP contribution in [0.5, 0.6) is 5.75 Å². The monoisotopic (exact) mass is 277 g/mol. The molecule has 20 heavy (non-hydrogen) atoms. The Morgan fingerprint density at radius 1 is 1.40 bits per heavy atom. The Morgan fingerprint density at radius 3 is 2.80 bits per heavy atom. The van der Waals surface area contributed by atoms with E-state index in [1.54, 1.807) is 6.07 Å². The van der Waals surface area contributed by atoms with E-state index in [0.717, 1.165) is 19.6 Å². The predicted molar refractivity (Wildman–Crippen MR) is 79.7 cm³/mol. The van der Waals surface area contributed by atoms with Gasteiger partial charge in [0.2, 0.25) is 0 Å². The molecule has 4 N–H and O–H groups in total. The second-order valence-corrected chi connectivity index (χ2v) is 5.51. The van der Waals surface area contributed by atoms with Gasteiger partial charge in [-0.3, -0.25) is 4.79 Å². The van der Waals surface area contributed by atoms with Crippen LogP contribution in [0, 0.1) is 0 Å². The average Bonchev–Trinajstić information content (AvgIpc) is 2.42. The summed E-state index contributed by atoms with van der Waals surface area (Å²) in [5, 5.41) is 12.4. The number of piperidine rings is 1. The third kappa shape index (κ3) is 3.87. The predicted octanol–water partition coefficient (Wildman–Crippen LogP) is 1.58. The summed E-state index contributed by atoms with van der Waals surface area (Å²) in [6.07, 6.45) is 3.78. The van der Waals surface area contributed by atoms with Crippen molar-refractivity contribution in [1.82, 2.24) is 10.2 Å². The molecule has 110 valence electrons. The first-order valence-corrected chi connectivity index (χ1v) is 7.18. The van der Waals surface area contributed by atoms with Gasteiger partial charge in [-0.2, -0.15) is 0 Å². The Morgan fingerprint density at radius 2 is 2.10 bits per heavy atom. The molecule has 1 amide bonds. The number of carbonyl (C=O) groups excluding carboxylic acids is 1. The molecule has 1 saturated heterocycles. The van der Waals surface area contributed by atoms with Crippen LogP contribution in [0.1, 0.15) is 36.5 Å². The van der Waals surface area contributed by atoms with Crippen molar-refractivity contribution in [3.8, 4) is 5.75 Å². The number of anilines is 1. The van der Waals surface area contributed by atoms with Crippen LogP contribution in [0.15, 0.2) is 18.2 Å². The summed E-state index contributed by atoms with van der Waals surface area (Å²) >= 11 is 0. The summed E-state index contributed by atoms with van der Waals surface area (Å²) in [5.74, 6) is -0.184. The maximum atomic E-state index is 12.1. The van der Waals surface area contributed by atoms with Crippen molar-refractivity contribution < 1.29 is 9.90 Å². The molecule has 1 fully saturated rings. The third-order valence-electron chi connectivity index (χ3n) is 3.64. The zero-order valence-corrected chi connectivity index (χ0v) is 11.9. The Labute approximate surface area is 119 Å². The zero-order chi connectivity index (χ0) is 14.5. The molecule has 1 atom stereocenters. The van der Waals surface area contributed by atoms with Crippen molar-refractivity contribution in [2.24, 2.45) is 0 Å². The smallest absolute Gasteiger partial charge is 0.253 e. The lowest BCUT2D eigenvalue weighted by molar-refractivity contribution is 0.0926. The van der Waals surface area contributed by atoms with Crippen LogP contribution in [-0.4, -0.2) is 41.6 Å². The molecule has 1 aliphatic heterocycles. The SMILES string of the molecule is CC(CN1CCCCC1)NC(=O)c1cc(O)ccc1N. The molecule has 0 aliphatic carbocycles. The number of likely N-dealkylation sites (tertiary alicyclic amines) is 1. The molecular formula is C15H23N3O2. The lowest BCUT2D eigenvalue weighted by Crippen LogP contribution is -2.43. The van der Waals surface area contributed by atoms with Crippen LogP contribution in [0.4, 0.5) is 5.69 Å². The van der Waals surface area contributed by atoms with Gasteiger partial charge >= 0.3 is 0 Å². The first-order valence-electron chi connectivity index (χ1n) is 7.18. The number of rotatable bonds is 4. The number of nitrogens with zero attached hydrogens (tertiary/aromatic N) is 1. The first kappa shape index (κ1) is 14.7. The highest BCUT2D eigenvalue weighted by atomic mass is 16.3. The van der Waals surface area contributed by atoms with E-state index in [4.69, 9.17) is 5.73 Å². The summed E-state index contributed by atoms with van der Waals surface area (Å²) in [5.41, 5.74) is 6.48. The number of nitrogens with two attached hydrogens (primary N) is 1. The molecule has 0 radical (unpaired) electrons. The number of benzene rings is 1. The summed E-state index contributed by atoms with van der Waals surface area (Å²) in [6.45, 7) is 5.05. The zero-order valence-electron chi connectivity index (χ0n) is 11.9. The van der Waals surface area contributed by atoms with Crippen LogP contribution in [0.2, 0.25) is 0 Å². The van der Waals surface area contributed by atoms with Crippen molar-refractivity contribution in [3.05, 3.63) is 23.8 Å². The number of carbonyl (C=O) groups is 1. The molecule has 0 bridgehead atoms. The molecule has 1 aromatic rings. The first-order chi connectivity index (χ1) is 9.56. The van der Waals surface area contributed by atoms with Crippen molar-refractivity contribution >= 4 is 11.6 Å². The highest BCUT2D eigenvalue weighted by molar-refractivity contribution is 5.99. The maximum Gasteiger partial charge on any atom is 0.253 e. The number of phenols is 1. The molecule has 2 rings (SSSR count). The third-order valence-corrected chi connectivity index (χ3v) is 3.64. The molecule has 1 aliphatic rings. The van der Waals surface area contributed by atoms with E-state index in [2.05, 4.69) is 10.2 Å². The number of nitrogens with one attached hydrogen (secondary N) is 1. The van der Waals surface area contributed by atoms with Gasteiger partial charge in [-0.1, -0.05) is 6.42 Å². The fourth-order valence-electron chi connectivity index (χ4n) is 2.62. The van der Waals surface area contributed by atoms with Crippen LogP contribution in [-0.2, 0) is 0 Å². The van der Waals surface area contributed by atoms with Gasteiger partial charge in [-0.15, -0.1) is 0 Å². The van der Waals surface area contributed by atoms with Crippen molar-refractivity contribution in [3.63, 3.8) is 0 Å². The van der Waals surface area contributed by atoms with E-state index in [1.807, 2.05) is 6.92 Å². The normalized spacial score (nSPS) is 17.6. The molecule has 1 aromatic carbocycles. The van der Waals surface area contributed by atoms with E-state index in [9.17, 15) is 9.90 Å². The van der Waals surface area contributed by atoms with Gasteiger partial charge in [-0.05, 0) is 51.1 Å². The molecule has 5 heteroatoms. The summed E-state index contributed by atoms with van der Waals surface area (Å²) in [7, 11) is 0. The molecule has 0 saturated carbocycles. The Bertz CT molecular complexity index is 470. The molecule has 0 aromatic heterocycles. The van der Waals surface area contributed by atoms with Gasteiger partial charge in [0.05, 0.1) is 5.56 Å². The topological polar surface area (TPSA) is 78.6 Å². The summed E-state index contributed by atoms with van der Waals surface area (Å²) < 4.78 is 0. The Hall–Kier alpha value is -1.75. The number of aromatic hydroxyl groups is 1. The summed E-state index contributed by atoms with van der Waals surface area (Å²) in [4.78, 5) is 14.5. The van der Waals surface area contributed by atoms with Crippen LogP contribution < -0.4 is 11.1 Å². The van der Waals surface area contributed by atoms with Gasteiger partial charge < -0.3 is 21.1 Å². The molecule has 0 spiro atoms. The standard InChI is InChI=1S/C15H23N3O2/c1-11(10-18-7-3-2-4-8-18)17-15(20)13-9-12(19)5-6-14(13)16/h5-6,9,11,19H,2-4,7-8,10,16H2,1H3,(H,17,20). The minimum Gasteiger partial charge on any atom is -0.508 e. The number of amides is 1. The van der Waals surface area contributed by atoms with Crippen molar-refractivity contribution in [2.45, 2.75) is 32.2 Å². The second-order valence-electron chi connectivity index (χ2n) is 5.51. The summed E-state index contributed by atoms with van der Waals surface area (Å²) in [6, 6.07) is 4.48. The fourth-order valence-corrected chi connectivity index (χ4v) is 2.62. The van der Waals surface area contributed by atoms with Crippen LogP contribution >= 0.6 is 0 Å². The highest BCUT2D eigenvalue weighted by Gasteiger charge is 2.17. The maximum absolute atomic E-state index is 12.1. The Kier molecular flexibility index (Phi) is 4.84. The lowest BCUT2D eigenvalue weighted by atomic mass is 10.1. The van der Waals surface area contributed by atoms with Gasteiger partial charge in [0.25, 0.3) is 5.91 Å². The van der Waals surface area contributed by atoms with Crippen molar-refractivity contribution in [2.75, 3.05) is 25.4 Å². The number of phenolic OH excluding ortho intramolecular Hbond substituents is 1. The molecule has 1 unspecified atom stereocenters. The van der Waals surface area contributed by atoms with E-state index in [-0.39, 0.29) is 17.7 Å². The van der Waals surface area contributed by atoms with E-state index < -0.39 is 0 Å². The number of hydrogen-bond donors (Lipinski definition) is 3. The van der Waals surface area contributed by atoms with Gasteiger partial charge in [-0.25, -0.2) is 0 Å². The number of nitrogen functional groups attached to an aromatic ring is 1. The van der Waals surface area contributed by atoms with Gasteiger partial charge in [0.15, 0.2) is 0 Å². The van der Waals surface area contributed by atoms with Gasteiger partial charge in [0.1, 0.15) is 5.75 Å². The highest BCUT2D eigenvalue weighted by Crippen LogP contribution is 2.18. The van der Waals surface area contributed by atoms with Gasteiger partial charge in [0, 0.05) is 18.3 Å². The largest absolute Gasteiger partial charge is 0.508 e. The molecule has 5 nitrogen and oxygen atoms in total. The van der Waals surface area contributed by atoms with Crippen LogP contribution in [0.25, 0.3) is 0 Å². The molecular weight excluding hydrogens is 254 g/mol. The van der Waals surface area contributed by atoms with E-state index in [1.165, 1.54) is 31.4 Å². The number of hydrogen-bond acceptors (Lipinski definition) is 4. The average molecular weight is 277 g/mol. The Balaban J connectivity index is 1.91. The minimum atomic E-state index is -0.233. The van der Waals surface area contributed by atoms with Crippen molar-refractivity contribution in [1.29, 1.82) is 0 Å². The van der Waals surface area contributed by atoms with E-state index >= 15 is 0 Å². The lowest BCUT2D eigenvalue weighted by Gasteiger charge is -2.29. The van der Waals surface area contributed by atoms with E-state index in [0.29, 0.717) is 11.3 Å². The fraction of sp³-hybridized carbons (Fsp3) is 0.533. The van der Waals surface area contributed by atoms with Crippen LogP contribution in [0.3, 0.4) is 0 Å². The minimum absolute atomic E-state index is 0.0491. The quantitative estimate of drug-likeness (QED) is 0.577. The second kappa shape index (κ2) is 6.61.